The standard InChI is InChI=1S/C16H23NO2S/c1-3-10-16(11-4-5-12-17(16)18)13-20(19)15-8-6-14(2)7-9-15/h3,6-9,18H,1,4-5,10-13H2,2H3/t16-,20-/m1/s1. The lowest BCUT2D eigenvalue weighted by molar-refractivity contribution is -0.181. The number of hydrogen-bond donors (Lipinski definition) is 1. The highest BCUT2D eigenvalue weighted by molar-refractivity contribution is 7.85. The Hall–Kier alpha value is -0.970. The van der Waals surface area contributed by atoms with Crippen molar-refractivity contribution in [1.82, 2.24) is 5.06 Å². The van der Waals surface area contributed by atoms with E-state index < -0.39 is 16.3 Å². The number of hydroxylamine groups is 2. The number of rotatable bonds is 5. The van der Waals surface area contributed by atoms with Crippen LogP contribution in [0.4, 0.5) is 0 Å². The lowest BCUT2D eigenvalue weighted by Crippen LogP contribution is -2.53. The summed E-state index contributed by atoms with van der Waals surface area (Å²) in [6.45, 7) is 6.46. The van der Waals surface area contributed by atoms with Crippen molar-refractivity contribution < 1.29 is 9.42 Å². The fourth-order valence-corrected chi connectivity index (χ4v) is 4.29. The van der Waals surface area contributed by atoms with Crippen molar-refractivity contribution in [3.05, 3.63) is 42.5 Å². The van der Waals surface area contributed by atoms with Crippen molar-refractivity contribution in [2.75, 3.05) is 12.3 Å². The molecule has 0 amide bonds. The van der Waals surface area contributed by atoms with Gasteiger partial charge in [0, 0.05) is 17.2 Å². The van der Waals surface area contributed by atoms with Gasteiger partial charge >= 0.3 is 0 Å². The molecule has 2 rings (SSSR count). The third-order valence-electron chi connectivity index (χ3n) is 4.02. The molecule has 0 aliphatic carbocycles. The predicted molar refractivity (Wildman–Crippen MR) is 82.3 cm³/mol. The SMILES string of the molecule is C=CC[C@]1(C[S@@](=O)c2ccc(C)cc2)CCCCN1O. The Morgan fingerprint density at radius 3 is 2.70 bits per heavy atom. The molecule has 0 radical (unpaired) electrons. The second-order valence-electron chi connectivity index (χ2n) is 5.60. The molecule has 0 bridgehead atoms. The maximum Gasteiger partial charge on any atom is 0.0613 e. The zero-order chi connectivity index (χ0) is 14.6. The number of hydrogen-bond acceptors (Lipinski definition) is 3. The van der Waals surface area contributed by atoms with Crippen molar-refractivity contribution in [2.45, 2.75) is 43.0 Å². The summed E-state index contributed by atoms with van der Waals surface area (Å²) in [6, 6.07) is 7.78. The maximum atomic E-state index is 12.6. The quantitative estimate of drug-likeness (QED) is 0.847. The van der Waals surface area contributed by atoms with Crippen LogP contribution in [0, 0.1) is 6.92 Å². The van der Waals surface area contributed by atoms with Crippen LogP contribution in [0.2, 0.25) is 0 Å². The van der Waals surface area contributed by atoms with Gasteiger partial charge in [0.25, 0.3) is 0 Å². The summed E-state index contributed by atoms with van der Waals surface area (Å²) in [5.41, 5.74) is 0.739. The highest BCUT2D eigenvalue weighted by atomic mass is 32.2. The van der Waals surface area contributed by atoms with Gasteiger partial charge in [0.2, 0.25) is 0 Å². The smallest absolute Gasteiger partial charge is 0.0613 e. The van der Waals surface area contributed by atoms with E-state index in [1.807, 2.05) is 37.3 Å². The van der Waals surface area contributed by atoms with E-state index in [9.17, 15) is 9.42 Å². The summed E-state index contributed by atoms with van der Waals surface area (Å²) in [5, 5.41) is 11.6. The minimum Gasteiger partial charge on any atom is -0.313 e. The van der Waals surface area contributed by atoms with Crippen LogP contribution in [0.5, 0.6) is 0 Å². The van der Waals surface area contributed by atoms with Crippen LogP contribution in [0.3, 0.4) is 0 Å². The topological polar surface area (TPSA) is 40.5 Å². The van der Waals surface area contributed by atoms with Gasteiger partial charge in [-0.15, -0.1) is 6.58 Å². The Morgan fingerprint density at radius 2 is 2.10 bits per heavy atom. The van der Waals surface area contributed by atoms with E-state index >= 15 is 0 Å². The molecule has 1 aliphatic heterocycles. The van der Waals surface area contributed by atoms with E-state index in [1.165, 1.54) is 5.06 Å². The Bertz CT molecular complexity index is 486. The molecule has 0 aromatic heterocycles. The molecule has 1 aliphatic rings. The number of aryl methyl sites for hydroxylation is 1. The van der Waals surface area contributed by atoms with E-state index in [-0.39, 0.29) is 0 Å². The molecule has 0 unspecified atom stereocenters. The van der Waals surface area contributed by atoms with Crippen LogP contribution in [0.1, 0.15) is 31.2 Å². The van der Waals surface area contributed by atoms with E-state index in [4.69, 9.17) is 0 Å². The van der Waals surface area contributed by atoms with Gasteiger partial charge in [-0.1, -0.05) is 30.2 Å². The lowest BCUT2D eigenvalue weighted by Gasteiger charge is -2.42. The van der Waals surface area contributed by atoms with Gasteiger partial charge in [0.15, 0.2) is 0 Å². The summed E-state index contributed by atoms with van der Waals surface area (Å²) in [6.07, 6.45) is 5.41. The molecule has 1 aromatic rings. The molecular weight excluding hydrogens is 270 g/mol. The Kier molecular flexibility index (Phi) is 5.13. The van der Waals surface area contributed by atoms with Crippen molar-refractivity contribution in [1.29, 1.82) is 0 Å². The highest BCUT2D eigenvalue weighted by Gasteiger charge is 2.39. The highest BCUT2D eigenvalue weighted by Crippen LogP contribution is 2.32. The van der Waals surface area contributed by atoms with E-state index in [0.717, 1.165) is 29.7 Å². The third kappa shape index (κ3) is 3.37. The van der Waals surface area contributed by atoms with Gasteiger partial charge in [-0.3, -0.25) is 4.21 Å². The van der Waals surface area contributed by atoms with Crippen molar-refractivity contribution in [3.63, 3.8) is 0 Å². The molecule has 4 heteroatoms. The molecule has 2 atom stereocenters. The van der Waals surface area contributed by atoms with Crippen LogP contribution >= 0.6 is 0 Å². The average molecular weight is 293 g/mol. The second-order valence-corrected chi connectivity index (χ2v) is 7.05. The summed E-state index contributed by atoms with van der Waals surface area (Å²) >= 11 is 0. The molecule has 1 saturated heterocycles. The van der Waals surface area contributed by atoms with Crippen LogP contribution in [-0.2, 0) is 10.8 Å². The largest absolute Gasteiger partial charge is 0.313 e. The minimum absolute atomic E-state index is 0.421. The normalized spacial score (nSPS) is 25.3. The number of piperidine rings is 1. The molecule has 1 N–H and O–H groups in total. The molecular formula is C16H23NO2S. The Balaban J connectivity index is 2.17. The Morgan fingerprint density at radius 1 is 1.40 bits per heavy atom. The van der Waals surface area contributed by atoms with Crippen LogP contribution < -0.4 is 0 Å². The zero-order valence-corrected chi connectivity index (χ0v) is 12.9. The molecule has 110 valence electrons. The number of benzene rings is 1. The van der Waals surface area contributed by atoms with Crippen molar-refractivity contribution in [3.8, 4) is 0 Å². The van der Waals surface area contributed by atoms with Crippen molar-refractivity contribution >= 4 is 10.8 Å². The van der Waals surface area contributed by atoms with Gasteiger partial charge in [-0.2, -0.15) is 5.06 Å². The van der Waals surface area contributed by atoms with Crippen LogP contribution in [-0.4, -0.2) is 32.3 Å². The molecule has 3 nitrogen and oxygen atoms in total. The molecule has 1 fully saturated rings. The molecule has 1 aromatic carbocycles. The number of nitrogens with zero attached hydrogens (tertiary/aromatic N) is 1. The second kappa shape index (κ2) is 6.66. The predicted octanol–water partition coefficient (Wildman–Crippen LogP) is 3.29. The molecule has 1 heterocycles. The first kappa shape index (κ1) is 15.4. The molecule has 0 saturated carbocycles. The summed E-state index contributed by atoms with van der Waals surface area (Å²) in [5.74, 6) is 0.457. The van der Waals surface area contributed by atoms with Gasteiger partial charge < -0.3 is 5.21 Å². The van der Waals surface area contributed by atoms with Crippen LogP contribution in [0.15, 0.2) is 41.8 Å². The maximum absolute atomic E-state index is 12.6. The van der Waals surface area contributed by atoms with Gasteiger partial charge in [0.1, 0.15) is 0 Å². The van der Waals surface area contributed by atoms with Crippen molar-refractivity contribution in [2.24, 2.45) is 0 Å². The van der Waals surface area contributed by atoms with Gasteiger partial charge in [-0.05, 0) is 38.3 Å². The zero-order valence-electron chi connectivity index (χ0n) is 12.0. The van der Waals surface area contributed by atoms with E-state index in [0.29, 0.717) is 18.7 Å². The fourth-order valence-electron chi connectivity index (χ4n) is 2.78. The van der Waals surface area contributed by atoms with E-state index in [1.54, 1.807) is 0 Å². The molecule has 0 spiro atoms. The molecule has 20 heavy (non-hydrogen) atoms. The van der Waals surface area contributed by atoms with Gasteiger partial charge in [-0.25, -0.2) is 0 Å². The first-order chi connectivity index (χ1) is 9.57. The van der Waals surface area contributed by atoms with Crippen LogP contribution in [0.25, 0.3) is 0 Å². The fraction of sp³-hybridized carbons (Fsp3) is 0.500. The first-order valence-electron chi connectivity index (χ1n) is 7.10. The summed E-state index contributed by atoms with van der Waals surface area (Å²) in [7, 11) is -1.10. The first-order valence-corrected chi connectivity index (χ1v) is 8.42. The van der Waals surface area contributed by atoms with E-state index in [2.05, 4.69) is 6.58 Å². The average Bonchev–Trinajstić information content (AvgIpc) is 2.43. The lowest BCUT2D eigenvalue weighted by atomic mass is 9.87. The Labute approximate surface area is 123 Å². The summed E-state index contributed by atoms with van der Waals surface area (Å²) in [4.78, 5) is 0.831. The third-order valence-corrected chi connectivity index (χ3v) is 5.62. The minimum atomic E-state index is -1.10. The van der Waals surface area contributed by atoms with Gasteiger partial charge in [0.05, 0.1) is 16.3 Å². The monoisotopic (exact) mass is 293 g/mol. The summed E-state index contributed by atoms with van der Waals surface area (Å²) < 4.78 is 12.6.